The first-order chi connectivity index (χ1) is 18.9. The molecule has 2 atom stereocenters. The molecule has 2 heterocycles. The Morgan fingerprint density at radius 2 is 1.41 bits per heavy atom. The minimum absolute atomic E-state index is 0.0153. The van der Waals surface area contributed by atoms with Crippen molar-refractivity contribution in [1.82, 2.24) is 0 Å². The fraction of sp³-hybridized carbons (Fsp3) is 0.0938. The number of anilines is 1. The Labute approximate surface area is 227 Å². The Kier molecular flexibility index (Phi) is 5.97. The van der Waals surface area contributed by atoms with E-state index in [2.05, 4.69) is 6.07 Å². The maximum atomic E-state index is 14.5. The number of nitrogens with two attached hydrogens (primary N) is 1. The lowest BCUT2D eigenvalue weighted by atomic mass is 9.75. The second-order valence-electron chi connectivity index (χ2n) is 9.56. The first kappa shape index (κ1) is 24.5. The molecule has 0 fully saturated rings. The number of ether oxygens (including phenoxy) is 1. The zero-order valence-electron chi connectivity index (χ0n) is 21.2. The summed E-state index contributed by atoms with van der Waals surface area (Å²) in [5.41, 5.74) is 10.8. The third-order valence-electron chi connectivity index (χ3n) is 7.20. The van der Waals surface area contributed by atoms with Gasteiger partial charge in [0.05, 0.1) is 22.5 Å². The van der Waals surface area contributed by atoms with Gasteiger partial charge in [0.1, 0.15) is 17.4 Å². The molecular weight excluding hydrogens is 506 g/mol. The van der Waals surface area contributed by atoms with Gasteiger partial charge in [-0.2, -0.15) is 5.26 Å². The molecule has 0 amide bonds. The van der Waals surface area contributed by atoms with E-state index in [0.717, 1.165) is 16.7 Å². The number of hydrogen-bond donors (Lipinski definition) is 1. The summed E-state index contributed by atoms with van der Waals surface area (Å²) in [6.45, 7) is 1.92. The number of aryl methyl sites for hydroxylation is 1. The van der Waals surface area contributed by atoms with Gasteiger partial charge in [0.2, 0.25) is 5.88 Å². The van der Waals surface area contributed by atoms with Crippen molar-refractivity contribution in [3.63, 3.8) is 0 Å². The summed E-state index contributed by atoms with van der Waals surface area (Å²) in [5, 5.41) is 10.2. The van der Waals surface area contributed by atoms with Crippen LogP contribution >= 0.6 is 0 Å². The number of nitriles is 1. The number of fused-ring (bicyclic) bond motifs is 2. The first-order valence-corrected chi connectivity index (χ1v) is 14.0. The highest BCUT2D eigenvalue weighted by Crippen LogP contribution is 2.55. The van der Waals surface area contributed by atoms with Gasteiger partial charge in [-0.05, 0) is 42.3 Å². The number of allylic oxidation sites excluding steroid dienone is 1. The molecule has 4 aromatic rings. The van der Waals surface area contributed by atoms with Gasteiger partial charge in [-0.25, -0.2) is 8.42 Å². The molecule has 2 unspecified atom stereocenters. The van der Waals surface area contributed by atoms with Crippen molar-refractivity contribution < 1.29 is 13.2 Å². The largest absolute Gasteiger partial charge is 0.440 e. The maximum Gasteiger partial charge on any atom is 0.265 e. The number of sulfonamides is 1. The van der Waals surface area contributed by atoms with Crippen LogP contribution in [0.15, 0.2) is 131 Å². The predicted molar refractivity (Wildman–Crippen MR) is 150 cm³/mol. The van der Waals surface area contributed by atoms with Gasteiger partial charge in [0.15, 0.2) is 0 Å². The third kappa shape index (κ3) is 3.97. The normalized spacial score (nSPS) is 18.6. The molecule has 0 aromatic heterocycles. The third-order valence-corrected chi connectivity index (χ3v) is 8.99. The lowest BCUT2D eigenvalue weighted by Gasteiger charge is -2.44. The number of nitrogens with zero attached hydrogens (tertiary/aromatic N) is 2. The standard InChI is InChI=1S/C32H25N3O3S/c1-21-16-18-24(19-17-21)39(36,37)35-27-15-9-8-14-25(27)31-29(30(35)23-12-6-3-7-13-23)28(22-10-4-2-5-11-22)26(20-33)32(34)38-31/h2-19,28,30H,34H2,1H3. The van der Waals surface area contributed by atoms with E-state index >= 15 is 0 Å². The highest BCUT2D eigenvalue weighted by Gasteiger charge is 2.48. The molecule has 2 aliphatic rings. The van der Waals surface area contributed by atoms with Gasteiger partial charge < -0.3 is 10.5 Å². The van der Waals surface area contributed by atoms with Crippen LogP contribution in [0.25, 0.3) is 5.76 Å². The second-order valence-corrected chi connectivity index (χ2v) is 11.4. The van der Waals surface area contributed by atoms with Crippen molar-refractivity contribution in [1.29, 1.82) is 5.26 Å². The molecule has 0 spiro atoms. The van der Waals surface area contributed by atoms with Crippen molar-refractivity contribution in [3.8, 4) is 6.07 Å². The van der Waals surface area contributed by atoms with Crippen LogP contribution in [0.5, 0.6) is 0 Å². The summed E-state index contributed by atoms with van der Waals surface area (Å²) < 4.78 is 36.7. The zero-order chi connectivity index (χ0) is 27.1. The maximum absolute atomic E-state index is 14.5. The predicted octanol–water partition coefficient (Wildman–Crippen LogP) is 6.16. The molecule has 7 heteroatoms. The molecule has 2 N–H and O–H groups in total. The van der Waals surface area contributed by atoms with Crippen LogP contribution in [0.2, 0.25) is 0 Å². The van der Waals surface area contributed by atoms with Crippen LogP contribution in [0.1, 0.15) is 34.2 Å². The van der Waals surface area contributed by atoms with E-state index in [9.17, 15) is 13.7 Å². The summed E-state index contributed by atoms with van der Waals surface area (Å²) in [4.78, 5) is 0.177. The Bertz CT molecular complexity index is 1770. The van der Waals surface area contributed by atoms with Crippen molar-refractivity contribution in [2.45, 2.75) is 23.8 Å². The molecule has 2 aliphatic heterocycles. The fourth-order valence-electron chi connectivity index (χ4n) is 5.42. The molecule has 6 rings (SSSR count). The first-order valence-electron chi connectivity index (χ1n) is 12.5. The van der Waals surface area contributed by atoms with E-state index in [-0.39, 0.29) is 16.4 Å². The van der Waals surface area contributed by atoms with E-state index in [4.69, 9.17) is 10.5 Å². The van der Waals surface area contributed by atoms with Crippen molar-refractivity contribution in [2.24, 2.45) is 5.73 Å². The van der Waals surface area contributed by atoms with Crippen molar-refractivity contribution in [2.75, 3.05) is 4.31 Å². The topological polar surface area (TPSA) is 96.4 Å². The molecule has 0 saturated carbocycles. The SMILES string of the molecule is Cc1ccc(S(=O)(=O)N2c3ccccc3C3=C(C(c4ccccc4)C(C#N)=C(N)O3)C2c2ccccc2)cc1. The Morgan fingerprint density at radius 3 is 2.05 bits per heavy atom. The van der Waals surface area contributed by atoms with Gasteiger partial charge in [0.25, 0.3) is 10.0 Å². The number of hydrogen-bond acceptors (Lipinski definition) is 5. The van der Waals surface area contributed by atoms with Gasteiger partial charge >= 0.3 is 0 Å². The quantitative estimate of drug-likeness (QED) is 0.340. The Hall–Kier alpha value is -4.80. The van der Waals surface area contributed by atoms with Crippen molar-refractivity contribution in [3.05, 3.63) is 148 Å². The molecule has 192 valence electrons. The summed E-state index contributed by atoms with van der Waals surface area (Å²) in [5.74, 6) is -0.129. The lowest BCUT2D eigenvalue weighted by molar-refractivity contribution is 0.348. The molecule has 0 saturated heterocycles. The van der Waals surface area contributed by atoms with E-state index in [1.54, 1.807) is 30.3 Å². The Morgan fingerprint density at radius 1 is 0.821 bits per heavy atom. The number of rotatable bonds is 4. The van der Waals surface area contributed by atoms with Gasteiger partial charge in [-0.1, -0.05) is 90.5 Å². The monoisotopic (exact) mass is 531 g/mol. The molecule has 0 radical (unpaired) electrons. The molecule has 4 aromatic carbocycles. The van der Waals surface area contributed by atoms with Gasteiger partial charge in [-0.15, -0.1) is 0 Å². The smallest absolute Gasteiger partial charge is 0.265 e. The van der Waals surface area contributed by atoms with Crippen LogP contribution in [0.4, 0.5) is 5.69 Å². The molecule has 0 bridgehead atoms. The summed E-state index contributed by atoms with van der Waals surface area (Å²) >= 11 is 0. The van der Waals surface area contributed by atoms with Crippen LogP contribution in [-0.2, 0) is 14.8 Å². The van der Waals surface area contributed by atoms with E-state index in [1.807, 2.05) is 85.8 Å². The number of benzene rings is 4. The van der Waals surface area contributed by atoms with Crippen LogP contribution < -0.4 is 10.0 Å². The minimum atomic E-state index is -4.07. The van der Waals surface area contributed by atoms with Crippen molar-refractivity contribution >= 4 is 21.5 Å². The van der Waals surface area contributed by atoms with E-state index in [0.29, 0.717) is 22.6 Å². The average molecular weight is 532 g/mol. The highest BCUT2D eigenvalue weighted by atomic mass is 32.2. The fourth-order valence-corrected chi connectivity index (χ4v) is 7.06. The van der Waals surface area contributed by atoms with Crippen LogP contribution in [0, 0.1) is 18.3 Å². The van der Waals surface area contributed by atoms with E-state index < -0.39 is 22.0 Å². The van der Waals surface area contributed by atoms with E-state index in [1.165, 1.54) is 4.31 Å². The van der Waals surface area contributed by atoms with Crippen LogP contribution in [0.3, 0.4) is 0 Å². The van der Waals surface area contributed by atoms with Crippen LogP contribution in [-0.4, -0.2) is 8.42 Å². The average Bonchev–Trinajstić information content (AvgIpc) is 2.97. The van der Waals surface area contributed by atoms with Gasteiger partial charge in [0, 0.05) is 11.1 Å². The lowest BCUT2D eigenvalue weighted by Crippen LogP contribution is -2.41. The Balaban J connectivity index is 1.70. The number of para-hydroxylation sites is 1. The highest BCUT2D eigenvalue weighted by molar-refractivity contribution is 7.92. The summed E-state index contributed by atoms with van der Waals surface area (Å²) in [6.07, 6.45) is 0. The second kappa shape index (κ2) is 9.50. The molecule has 39 heavy (non-hydrogen) atoms. The zero-order valence-corrected chi connectivity index (χ0v) is 22.0. The van der Waals surface area contributed by atoms with Gasteiger partial charge in [-0.3, -0.25) is 4.31 Å². The molecule has 6 nitrogen and oxygen atoms in total. The molecule has 0 aliphatic carbocycles. The summed E-state index contributed by atoms with van der Waals surface area (Å²) in [7, 11) is -4.07. The minimum Gasteiger partial charge on any atom is -0.440 e. The summed E-state index contributed by atoms with van der Waals surface area (Å²) in [6, 6.07) is 34.5. The molecular formula is C32H25N3O3S.